The van der Waals surface area contributed by atoms with Crippen molar-refractivity contribution in [1.82, 2.24) is 0 Å². The van der Waals surface area contributed by atoms with E-state index in [1.807, 2.05) is 13.8 Å². The minimum Gasteiger partial charge on any atom is -0.462 e. The van der Waals surface area contributed by atoms with Gasteiger partial charge in [0, 0.05) is 19.4 Å². The largest absolute Gasteiger partial charge is 0.462 e. The molecule has 78 heavy (non-hydrogen) atoms. The lowest BCUT2D eigenvalue weighted by atomic mass is 9.41. The molecule has 4 aliphatic carbocycles. The van der Waals surface area contributed by atoms with Gasteiger partial charge in [0.05, 0.1) is 43.4 Å². The third-order valence-electron chi connectivity index (χ3n) is 19.9. The summed E-state index contributed by atoms with van der Waals surface area (Å²) in [5.74, 6) is -0.645. The number of hydrogen-bond donors (Lipinski definition) is 10. The Bertz CT molecular complexity index is 2190. The van der Waals surface area contributed by atoms with Crippen molar-refractivity contribution in [3.8, 4) is 0 Å². The Morgan fingerprint density at radius 3 is 1.96 bits per heavy atom. The van der Waals surface area contributed by atoms with Crippen LogP contribution >= 0.6 is 0 Å². The van der Waals surface area contributed by atoms with Crippen LogP contribution in [0.25, 0.3) is 0 Å². The second kappa shape index (κ2) is 23.0. The number of hydrogen-bond acceptors (Lipinski definition) is 23. The molecule has 23 nitrogen and oxygen atoms in total. The number of carbonyl (C=O) groups is 2. The smallest absolute Gasteiger partial charge is 0.313 e. The molecule has 10 N–H and O–H groups in total. The lowest BCUT2D eigenvalue weighted by molar-refractivity contribution is -0.389. The molecule has 1 spiro atoms. The fraction of sp³-hybridized carbons (Fsp3) is 0.891. The summed E-state index contributed by atoms with van der Waals surface area (Å²) in [6.07, 6.45) is -21.3. The van der Waals surface area contributed by atoms with E-state index in [-0.39, 0.29) is 47.8 Å². The second-order valence-corrected chi connectivity index (χ2v) is 24.9. The second-order valence-electron chi connectivity index (χ2n) is 24.9. The quantitative estimate of drug-likeness (QED) is 0.0748. The van der Waals surface area contributed by atoms with Crippen molar-refractivity contribution < 1.29 is 113 Å². The molecule has 444 valence electrons. The van der Waals surface area contributed by atoms with Gasteiger partial charge in [0.1, 0.15) is 97.7 Å². The molecule has 8 fully saturated rings. The lowest BCUT2D eigenvalue weighted by Gasteiger charge is -2.63. The highest BCUT2D eigenvalue weighted by Crippen LogP contribution is 2.75. The molecule has 0 amide bonds. The van der Waals surface area contributed by atoms with E-state index in [2.05, 4.69) is 39.8 Å². The number of carbonyl (C=O) groups excluding carboxylic acids is 2. The molecule has 0 aromatic rings. The zero-order chi connectivity index (χ0) is 56.7. The summed E-state index contributed by atoms with van der Waals surface area (Å²) in [6, 6.07) is 0. The zero-order valence-electron chi connectivity index (χ0n) is 46.1. The molecule has 28 atom stereocenters. The standard InChI is InChI=1S/C55H86O23/c1-23(2)11-10-12-29-35-30(71-25(4)58)19-54(8)27-13-14-33-52(5,6)34(16-17-53(33,7)26(27)15-18-55(35,54)51(67)74-29)75-50-46(36(60)28(59)22-69-50)78-47-40(64)39(63)43(24(3)70-47)76-49-42(66)45(38(62)32(21-57)73-49)77-48-41(65)44(68-9)37(61)31(20-56)72-48/h11,13,24,26,28-50,56-57,59-66H,10,12,14-22H2,1-9H3/t24-,26+,28-,29+,30?,31-,32-,33+,34+,35?,36+,37-,38-,39-,40-,41-,42-,43-,44+,45+,46-,47+,48+,49+,50+,53-,54+,55?/m1/s1. The summed E-state index contributed by atoms with van der Waals surface area (Å²) in [5, 5.41) is 110. The van der Waals surface area contributed by atoms with Crippen molar-refractivity contribution in [1.29, 1.82) is 0 Å². The molecule has 5 aliphatic heterocycles. The maximum atomic E-state index is 14.4. The van der Waals surface area contributed by atoms with Gasteiger partial charge in [-0.3, -0.25) is 9.59 Å². The SMILES string of the molecule is CO[C@@H]1[C@@H](O)[C@H](O[C@@H]2[C@@H](O)[C@H](O[C@H]3[C@H](O)[C@@H](O)[C@H](O[C@H]4[C@H](O[C@H]5CC[C@]6(C)[C@H]7CCC89C(=O)O[C@@H](CCC=C(C)C)C8C(OC(C)=O)C[C@@]9(C)C7=CC[C@H]6C5(C)C)OC[C@@H](O)[C@@H]4O)O[C@@H]3C)O[C@H](CO)[C@H]2O)O[C@H](CO)[C@H]1O. The van der Waals surface area contributed by atoms with Crippen LogP contribution in [0.4, 0.5) is 0 Å². The number of esters is 2. The van der Waals surface area contributed by atoms with Gasteiger partial charge in [0.2, 0.25) is 0 Å². The molecule has 3 saturated carbocycles. The number of aliphatic hydroxyl groups excluding tert-OH is 10. The van der Waals surface area contributed by atoms with Gasteiger partial charge in [-0.25, -0.2) is 0 Å². The predicted octanol–water partition coefficient (Wildman–Crippen LogP) is -0.236. The Balaban J connectivity index is 0.880. The molecule has 9 aliphatic rings. The third kappa shape index (κ3) is 10.2. The predicted molar refractivity (Wildman–Crippen MR) is 267 cm³/mol. The van der Waals surface area contributed by atoms with Crippen molar-refractivity contribution in [2.45, 2.75) is 242 Å². The first-order valence-electron chi connectivity index (χ1n) is 27.9. The Labute approximate surface area is 455 Å². The summed E-state index contributed by atoms with van der Waals surface area (Å²) in [7, 11) is 1.21. The van der Waals surface area contributed by atoms with Gasteiger partial charge in [0.25, 0.3) is 0 Å². The molecule has 9 rings (SSSR count). The fourth-order valence-corrected chi connectivity index (χ4v) is 15.9. The van der Waals surface area contributed by atoms with Gasteiger partial charge >= 0.3 is 11.9 Å². The average Bonchev–Trinajstić information content (AvgIpc) is 2.97. The van der Waals surface area contributed by atoms with Gasteiger partial charge in [0.15, 0.2) is 25.2 Å². The summed E-state index contributed by atoms with van der Waals surface area (Å²) >= 11 is 0. The number of cyclic esters (lactones) is 1. The minimum atomic E-state index is -1.91. The van der Waals surface area contributed by atoms with E-state index < -0.39 is 158 Å². The van der Waals surface area contributed by atoms with Crippen LogP contribution < -0.4 is 0 Å². The van der Waals surface area contributed by atoms with E-state index in [1.54, 1.807) is 0 Å². The summed E-state index contributed by atoms with van der Waals surface area (Å²) in [4.78, 5) is 27.1. The van der Waals surface area contributed by atoms with Gasteiger partial charge in [-0.2, -0.15) is 0 Å². The fourth-order valence-electron chi connectivity index (χ4n) is 15.9. The van der Waals surface area contributed by atoms with E-state index in [0.717, 1.165) is 19.3 Å². The van der Waals surface area contributed by atoms with Crippen molar-refractivity contribution in [3.05, 3.63) is 23.3 Å². The molecule has 0 aromatic carbocycles. The van der Waals surface area contributed by atoms with Gasteiger partial charge in [-0.1, -0.05) is 51.0 Å². The van der Waals surface area contributed by atoms with Crippen molar-refractivity contribution in [2.24, 2.45) is 39.4 Å². The molecular weight excluding hydrogens is 1030 g/mol. The van der Waals surface area contributed by atoms with E-state index in [4.69, 9.17) is 52.1 Å². The van der Waals surface area contributed by atoms with Crippen LogP contribution in [0.5, 0.6) is 0 Å². The summed E-state index contributed by atoms with van der Waals surface area (Å²) in [5.41, 5.74) is 0.239. The normalized spacial score (nSPS) is 50.8. The molecule has 5 heterocycles. The number of allylic oxidation sites excluding steroid dienone is 4. The van der Waals surface area contributed by atoms with Crippen LogP contribution in [0.1, 0.15) is 107 Å². The van der Waals surface area contributed by atoms with Crippen LogP contribution in [0, 0.1) is 39.4 Å². The van der Waals surface area contributed by atoms with E-state index in [0.29, 0.717) is 32.1 Å². The molecule has 0 radical (unpaired) electrons. The number of aliphatic hydroxyl groups is 10. The van der Waals surface area contributed by atoms with Crippen molar-refractivity contribution >= 4 is 11.9 Å². The van der Waals surface area contributed by atoms with Crippen LogP contribution in [0.3, 0.4) is 0 Å². The first-order valence-corrected chi connectivity index (χ1v) is 27.9. The van der Waals surface area contributed by atoms with Crippen LogP contribution in [-0.2, 0) is 61.7 Å². The average molecular weight is 1120 g/mol. The van der Waals surface area contributed by atoms with Gasteiger partial charge < -0.3 is 103 Å². The first kappa shape index (κ1) is 60.3. The third-order valence-corrected chi connectivity index (χ3v) is 19.9. The van der Waals surface area contributed by atoms with Gasteiger partial charge in [-0.05, 0) is 94.8 Å². The lowest BCUT2D eigenvalue weighted by Crippen LogP contribution is -2.67. The molecule has 3 unspecified atom stereocenters. The van der Waals surface area contributed by atoms with Crippen LogP contribution in [0.15, 0.2) is 23.3 Å². The Kier molecular flexibility index (Phi) is 17.8. The highest BCUT2D eigenvalue weighted by Gasteiger charge is 2.77. The monoisotopic (exact) mass is 1110 g/mol. The Morgan fingerprint density at radius 2 is 1.33 bits per heavy atom. The van der Waals surface area contributed by atoms with Crippen LogP contribution in [0.2, 0.25) is 0 Å². The van der Waals surface area contributed by atoms with Crippen LogP contribution in [-0.4, -0.2) is 225 Å². The topological polar surface area (TPSA) is 338 Å². The number of fused-ring (bicyclic) bond motifs is 4. The number of rotatable bonds is 15. The highest BCUT2D eigenvalue weighted by molar-refractivity contribution is 5.83. The summed E-state index contributed by atoms with van der Waals surface area (Å²) in [6.45, 7) is 14.0. The van der Waals surface area contributed by atoms with E-state index >= 15 is 0 Å². The molecule has 0 bridgehead atoms. The van der Waals surface area contributed by atoms with Gasteiger partial charge in [-0.15, -0.1) is 0 Å². The highest BCUT2D eigenvalue weighted by atomic mass is 16.8. The first-order chi connectivity index (χ1) is 36.8. The zero-order valence-corrected chi connectivity index (χ0v) is 46.1. The number of methoxy groups -OCH3 is 1. The van der Waals surface area contributed by atoms with Crippen molar-refractivity contribution in [3.63, 3.8) is 0 Å². The molecule has 0 aromatic heterocycles. The maximum Gasteiger partial charge on any atom is 0.313 e. The molecular formula is C55H86O23. The molecule has 5 saturated heterocycles. The minimum absolute atomic E-state index is 0.0751. The van der Waals surface area contributed by atoms with Crippen molar-refractivity contribution in [2.75, 3.05) is 26.9 Å². The summed E-state index contributed by atoms with van der Waals surface area (Å²) < 4.78 is 65.9. The molecule has 23 heteroatoms. The van der Waals surface area contributed by atoms with E-state index in [9.17, 15) is 60.7 Å². The Hall–Kier alpha value is -2.34. The van der Waals surface area contributed by atoms with E-state index in [1.165, 1.54) is 32.1 Å². The Morgan fingerprint density at radius 1 is 0.718 bits per heavy atom. The number of ether oxygens (including phenoxy) is 11. The maximum absolute atomic E-state index is 14.4.